The molecule has 2 aromatic rings. The van der Waals surface area contributed by atoms with Crippen molar-refractivity contribution in [3.05, 3.63) is 30.1 Å². The minimum atomic E-state index is 0.137. The lowest BCUT2D eigenvalue weighted by Gasteiger charge is -2.37. The summed E-state index contributed by atoms with van der Waals surface area (Å²) in [7, 11) is 0. The highest BCUT2D eigenvalue weighted by Crippen LogP contribution is 2.28. The lowest BCUT2D eigenvalue weighted by atomic mass is 9.91. The SMILES string of the molecule is Cc1ccn(-c2ccc(N(CCO)C3CCC3)nn2)n1. The van der Waals surface area contributed by atoms with Crippen LogP contribution in [0, 0.1) is 6.92 Å². The van der Waals surface area contributed by atoms with Gasteiger partial charge in [-0.05, 0) is 44.4 Å². The van der Waals surface area contributed by atoms with Gasteiger partial charge in [-0.3, -0.25) is 0 Å². The minimum Gasteiger partial charge on any atom is -0.395 e. The van der Waals surface area contributed by atoms with Gasteiger partial charge in [-0.2, -0.15) is 5.10 Å². The molecule has 2 heterocycles. The summed E-state index contributed by atoms with van der Waals surface area (Å²) in [6, 6.07) is 6.29. The number of hydrogen-bond acceptors (Lipinski definition) is 5. The van der Waals surface area contributed by atoms with Crippen LogP contribution in [0.4, 0.5) is 5.82 Å². The molecule has 1 fully saturated rings. The number of anilines is 1. The van der Waals surface area contributed by atoms with Crippen LogP contribution in [0.2, 0.25) is 0 Å². The van der Waals surface area contributed by atoms with Crippen molar-refractivity contribution in [2.24, 2.45) is 0 Å². The van der Waals surface area contributed by atoms with Gasteiger partial charge in [0, 0.05) is 18.8 Å². The van der Waals surface area contributed by atoms with Gasteiger partial charge in [0.25, 0.3) is 0 Å². The Morgan fingerprint density at radius 2 is 2.15 bits per heavy atom. The van der Waals surface area contributed by atoms with Crippen molar-refractivity contribution >= 4 is 5.82 Å². The fraction of sp³-hybridized carbons (Fsp3) is 0.500. The molecule has 0 unspecified atom stereocenters. The first-order valence-corrected chi connectivity index (χ1v) is 7.02. The summed E-state index contributed by atoms with van der Waals surface area (Å²) in [4.78, 5) is 2.15. The van der Waals surface area contributed by atoms with Gasteiger partial charge in [0.05, 0.1) is 12.3 Å². The molecule has 0 amide bonds. The summed E-state index contributed by atoms with van der Waals surface area (Å²) in [5.74, 6) is 1.54. The average Bonchev–Trinajstić information content (AvgIpc) is 2.83. The fourth-order valence-corrected chi connectivity index (χ4v) is 2.43. The van der Waals surface area contributed by atoms with Crippen molar-refractivity contribution < 1.29 is 5.11 Å². The zero-order valence-corrected chi connectivity index (χ0v) is 11.6. The molecule has 3 rings (SSSR count). The first-order valence-electron chi connectivity index (χ1n) is 7.02. The standard InChI is InChI=1S/C14H19N5O/c1-11-7-8-19(17-11)14-6-5-13(15-16-14)18(9-10-20)12-3-2-4-12/h5-8,12,20H,2-4,9-10H2,1H3. The van der Waals surface area contributed by atoms with Gasteiger partial charge < -0.3 is 10.0 Å². The van der Waals surface area contributed by atoms with Gasteiger partial charge in [-0.1, -0.05) is 0 Å². The van der Waals surface area contributed by atoms with E-state index in [-0.39, 0.29) is 6.61 Å². The van der Waals surface area contributed by atoms with E-state index in [9.17, 15) is 5.11 Å². The maximum absolute atomic E-state index is 9.20. The highest BCUT2D eigenvalue weighted by molar-refractivity contribution is 5.41. The Balaban J connectivity index is 1.80. The zero-order valence-electron chi connectivity index (χ0n) is 11.6. The van der Waals surface area contributed by atoms with Crippen LogP contribution in [-0.4, -0.2) is 44.3 Å². The van der Waals surface area contributed by atoms with E-state index in [0.29, 0.717) is 18.4 Å². The molecule has 6 heteroatoms. The second-order valence-electron chi connectivity index (χ2n) is 5.15. The average molecular weight is 273 g/mol. The topological polar surface area (TPSA) is 67.1 Å². The summed E-state index contributed by atoms with van der Waals surface area (Å²) in [5.41, 5.74) is 0.951. The Bertz CT molecular complexity index is 561. The highest BCUT2D eigenvalue weighted by Gasteiger charge is 2.25. The van der Waals surface area contributed by atoms with Crippen LogP contribution in [0.5, 0.6) is 0 Å². The molecule has 6 nitrogen and oxygen atoms in total. The molecule has 1 aliphatic carbocycles. The summed E-state index contributed by atoms with van der Waals surface area (Å²) < 4.78 is 1.71. The molecule has 1 saturated carbocycles. The second kappa shape index (κ2) is 5.58. The van der Waals surface area contributed by atoms with Crippen molar-refractivity contribution in [1.82, 2.24) is 20.0 Å². The molecule has 0 bridgehead atoms. The Morgan fingerprint density at radius 1 is 1.30 bits per heavy atom. The monoisotopic (exact) mass is 273 g/mol. The van der Waals surface area contributed by atoms with E-state index in [1.807, 2.05) is 31.3 Å². The van der Waals surface area contributed by atoms with Crippen molar-refractivity contribution in [2.45, 2.75) is 32.2 Å². The maximum atomic E-state index is 9.20. The molecule has 0 aromatic carbocycles. The van der Waals surface area contributed by atoms with Crippen LogP contribution in [0.25, 0.3) is 5.82 Å². The molecule has 2 aromatic heterocycles. The molecule has 0 atom stereocenters. The van der Waals surface area contributed by atoms with E-state index < -0.39 is 0 Å². The zero-order chi connectivity index (χ0) is 13.9. The third kappa shape index (κ3) is 2.51. The number of rotatable bonds is 5. The van der Waals surface area contributed by atoms with Crippen LogP contribution in [-0.2, 0) is 0 Å². The van der Waals surface area contributed by atoms with Gasteiger partial charge >= 0.3 is 0 Å². The van der Waals surface area contributed by atoms with Crippen molar-refractivity contribution in [3.63, 3.8) is 0 Å². The van der Waals surface area contributed by atoms with E-state index in [4.69, 9.17) is 0 Å². The van der Waals surface area contributed by atoms with Crippen molar-refractivity contribution in [1.29, 1.82) is 0 Å². The highest BCUT2D eigenvalue weighted by atomic mass is 16.3. The van der Waals surface area contributed by atoms with Crippen LogP contribution in [0.1, 0.15) is 25.0 Å². The van der Waals surface area contributed by atoms with Crippen molar-refractivity contribution in [3.8, 4) is 5.82 Å². The lowest BCUT2D eigenvalue weighted by molar-refractivity contribution is 0.282. The summed E-state index contributed by atoms with van der Waals surface area (Å²) in [6.07, 6.45) is 5.46. The largest absolute Gasteiger partial charge is 0.395 e. The molecular formula is C14H19N5O. The molecule has 0 radical (unpaired) electrons. The predicted molar refractivity (Wildman–Crippen MR) is 76.0 cm³/mol. The molecule has 106 valence electrons. The summed E-state index contributed by atoms with van der Waals surface area (Å²) in [6.45, 7) is 2.69. The van der Waals surface area contributed by atoms with Crippen LogP contribution in [0.15, 0.2) is 24.4 Å². The van der Waals surface area contributed by atoms with E-state index in [1.54, 1.807) is 4.68 Å². The molecule has 20 heavy (non-hydrogen) atoms. The van der Waals surface area contributed by atoms with E-state index in [2.05, 4.69) is 20.2 Å². The van der Waals surface area contributed by atoms with Gasteiger partial charge in [0.2, 0.25) is 0 Å². The maximum Gasteiger partial charge on any atom is 0.175 e. The number of aliphatic hydroxyl groups is 1. The van der Waals surface area contributed by atoms with E-state index in [0.717, 1.165) is 11.5 Å². The van der Waals surface area contributed by atoms with E-state index >= 15 is 0 Å². The second-order valence-corrected chi connectivity index (χ2v) is 5.15. The summed E-state index contributed by atoms with van der Waals surface area (Å²) in [5, 5.41) is 22.0. The summed E-state index contributed by atoms with van der Waals surface area (Å²) >= 11 is 0. The molecule has 1 aliphatic rings. The molecule has 1 N–H and O–H groups in total. The van der Waals surface area contributed by atoms with Gasteiger partial charge in [-0.15, -0.1) is 10.2 Å². The Hall–Kier alpha value is -1.95. The molecular weight excluding hydrogens is 254 g/mol. The Kier molecular flexibility index (Phi) is 3.64. The van der Waals surface area contributed by atoms with Gasteiger partial charge in [0.1, 0.15) is 0 Å². The predicted octanol–water partition coefficient (Wildman–Crippen LogP) is 1.32. The third-order valence-electron chi connectivity index (χ3n) is 3.74. The lowest BCUT2D eigenvalue weighted by Crippen LogP contribution is -2.42. The van der Waals surface area contributed by atoms with Crippen LogP contribution < -0.4 is 4.90 Å². The van der Waals surface area contributed by atoms with Crippen LogP contribution >= 0.6 is 0 Å². The number of aryl methyl sites for hydroxylation is 1. The number of aromatic nitrogens is 4. The quantitative estimate of drug-likeness (QED) is 0.890. The number of hydrogen-bond donors (Lipinski definition) is 1. The van der Waals surface area contributed by atoms with Gasteiger partial charge in [0.15, 0.2) is 11.6 Å². The third-order valence-corrected chi connectivity index (χ3v) is 3.74. The molecule has 0 aliphatic heterocycles. The molecule has 0 spiro atoms. The Labute approximate surface area is 118 Å². The first kappa shape index (κ1) is 13.1. The first-order chi connectivity index (χ1) is 9.78. The van der Waals surface area contributed by atoms with E-state index in [1.165, 1.54) is 19.3 Å². The fourth-order valence-electron chi connectivity index (χ4n) is 2.43. The van der Waals surface area contributed by atoms with Crippen LogP contribution in [0.3, 0.4) is 0 Å². The normalized spacial score (nSPS) is 15.1. The number of aliphatic hydroxyl groups excluding tert-OH is 1. The smallest absolute Gasteiger partial charge is 0.175 e. The van der Waals surface area contributed by atoms with Crippen molar-refractivity contribution in [2.75, 3.05) is 18.1 Å². The Morgan fingerprint density at radius 3 is 2.65 bits per heavy atom. The van der Waals surface area contributed by atoms with Gasteiger partial charge in [-0.25, -0.2) is 4.68 Å². The molecule has 0 saturated heterocycles. The minimum absolute atomic E-state index is 0.137. The number of nitrogens with zero attached hydrogens (tertiary/aromatic N) is 5.